The van der Waals surface area contributed by atoms with Crippen LogP contribution in [0, 0.1) is 6.92 Å². The standard InChI is InChI=1S/C16H28N2O2S/c1-4-6-10-18(11-7-5-2)21(19,20)16-9-8-15(13-17)12-14(16)3/h8-9,12H,4-7,10-11,13,17H2,1-3H3. The minimum atomic E-state index is -3.41. The second kappa shape index (κ2) is 8.51. The van der Waals surface area contributed by atoms with Gasteiger partial charge in [0.2, 0.25) is 10.0 Å². The summed E-state index contributed by atoms with van der Waals surface area (Å²) in [7, 11) is -3.41. The number of nitrogens with zero attached hydrogens (tertiary/aromatic N) is 1. The molecule has 1 aromatic carbocycles. The molecule has 0 aliphatic carbocycles. The van der Waals surface area contributed by atoms with Gasteiger partial charge in [0.1, 0.15) is 0 Å². The van der Waals surface area contributed by atoms with Crippen LogP contribution in [0.3, 0.4) is 0 Å². The van der Waals surface area contributed by atoms with Gasteiger partial charge in [0.15, 0.2) is 0 Å². The molecule has 0 heterocycles. The average Bonchev–Trinajstić information content (AvgIpc) is 2.46. The van der Waals surface area contributed by atoms with Gasteiger partial charge >= 0.3 is 0 Å². The molecule has 0 aliphatic heterocycles. The van der Waals surface area contributed by atoms with Crippen LogP contribution in [0.2, 0.25) is 0 Å². The first-order valence-electron chi connectivity index (χ1n) is 7.77. The minimum Gasteiger partial charge on any atom is -0.326 e. The van der Waals surface area contributed by atoms with Gasteiger partial charge in [0, 0.05) is 19.6 Å². The third-order valence-electron chi connectivity index (χ3n) is 3.62. The highest BCUT2D eigenvalue weighted by Crippen LogP contribution is 2.22. The zero-order valence-corrected chi connectivity index (χ0v) is 14.2. The van der Waals surface area contributed by atoms with Crippen molar-refractivity contribution in [3.05, 3.63) is 29.3 Å². The van der Waals surface area contributed by atoms with Crippen molar-refractivity contribution in [3.8, 4) is 0 Å². The molecule has 2 N–H and O–H groups in total. The Bertz CT molecular complexity index is 533. The van der Waals surface area contributed by atoms with E-state index in [0.717, 1.165) is 36.8 Å². The Labute approximate surface area is 129 Å². The molecule has 0 fully saturated rings. The summed E-state index contributed by atoms with van der Waals surface area (Å²) in [5, 5.41) is 0. The molecule has 0 aromatic heterocycles. The Morgan fingerprint density at radius 2 is 1.67 bits per heavy atom. The van der Waals surface area contributed by atoms with Crippen molar-refractivity contribution in [1.29, 1.82) is 0 Å². The Kier molecular flexibility index (Phi) is 7.35. The molecule has 0 bridgehead atoms. The predicted octanol–water partition coefficient (Wildman–Crippen LogP) is 3.04. The van der Waals surface area contributed by atoms with Crippen LogP contribution >= 0.6 is 0 Å². The number of aryl methyl sites for hydroxylation is 1. The number of hydrogen-bond acceptors (Lipinski definition) is 3. The zero-order chi connectivity index (χ0) is 15.9. The van der Waals surface area contributed by atoms with E-state index in [4.69, 9.17) is 5.73 Å². The summed E-state index contributed by atoms with van der Waals surface area (Å²) in [6.07, 6.45) is 3.76. The SMILES string of the molecule is CCCCN(CCCC)S(=O)(=O)c1ccc(CN)cc1C. The van der Waals surface area contributed by atoms with E-state index in [2.05, 4.69) is 13.8 Å². The second-order valence-corrected chi connectivity index (χ2v) is 7.32. The first-order valence-corrected chi connectivity index (χ1v) is 9.21. The lowest BCUT2D eigenvalue weighted by atomic mass is 10.1. The van der Waals surface area contributed by atoms with E-state index in [1.54, 1.807) is 16.4 Å². The largest absolute Gasteiger partial charge is 0.326 e. The van der Waals surface area contributed by atoms with Gasteiger partial charge in [-0.15, -0.1) is 0 Å². The molecule has 1 rings (SSSR count). The number of benzene rings is 1. The molecule has 0 radical (unpaired) electrons. The van der Waals surface area contributed by atoms with Gasteiger partial charge in [-0.05, 0) is 37.0 Å². The quantitative estimate of drug-likeness (QED) is 0.762. The van der Waals surface area contributed by atoms with Gasteiger partial charge in [-0.3, -0.25) is 0 Å². The van der Waals surface area contributed by atoms with Crippen LogP contribution in [-0.4, -0.2) is 25.8 Å². The molecule has 120 valence electrons. The maximum absolute atomic E-state index is 12.9. The number of sulfonamides is 1. The molecule has 0 spiro atoms. The molecule has 0 unspecified atom stereocenters. The van der Waals surface area contributed by atoms with Gasteiger partial charge in [-0.1, -0.05) is 38.8 Å². The van der Waals surface area contributed by atoms with Gasteiger partial charge in [0.25, 0.3) is 0 Å². The molecule has 0 atom stereocenters. The molecule has 1 aromatic rings. The van der Waals surface area contributed by atoms with Crippen LogP contribution in [-0.2, 0) is 16.6 Å². The molecule has 0 saturated heterocycles. The van der Waals surface area contributed by atoms with Gasteiger partial charge in [-0.25, -0.2) is 8.42 Å². The molecule has 0 amide bonds. The Hall–Kier alpha value is -0.910. The summed E-state index contributed by atoms with van der Waals surface area (Å²) in [5.74, 6) is 0. The third kappa shape index (κ3) is 4.80. The van der Waals surface area contributed by atoms with Crippen molar-refractivity contribution < 1.29 is 8.42 Å². The maximum atomic E-state index is 12.9. The fourth-order valence-electron chi connectivity index (χ4n) is 2.29. The predicted molar refractivity (Wildman–Crippen MR) is 87.6 cm³/mol. The zero-order valence-electron chi connectivity index (χ0n) is 13.4. The lowest BCUT2D eigenvalue weighted by Gasteiger charge is -2.23. The van der Waals surface area contributed by atoms with Crippen molar-refractivity contribution in [2.75, 3.05) is 13.1 Å². The van der Waals surface area contributed by atoms with Crippen LogP contribution in [0.4, 0.5) is 0 Å². The van der Waals surface area contributed by atoms with Crippen molar-refractivity contribution in [2.45, 2.75) is 57.9 Å². The highest BCUT2D eigenvalue weighted by molar-refractivity contribution is 7.89. The van der Waals surface area contributed by atoms with E-state index in [0.29, 0.717) is 24.5 Å². The van der Waals surface area contributed by atoms with E-state index in [1.165, 1.54) is 0 Å². The molecular formula is C16H28N2O2S. The normalized spacial score (nSPS) is 12.0. The van der Waals surface area contributed by atoms with Crippen LogP contribution in [0.1, 0.15) is 50.7 Å². The van der Waals surface area contributed by atoms with E-state index in [9.17, 15) is 8.42 Å². The number of rotatable bonds is 9. The van der Waals surface area contributed by atoms with E-state index >= 15 is 0 Å². The number of unbranched alkanes of at least 4 members (excludes halogenated alkanes) is 2. The van der Waals surface area contributed by atoms with Gasteiger partial charge in [0.05, 0.1) is 4.90 Å². The van der Waals surface area contributed by atoms with Crippen LogP contribution in [0.15, 0.2) is 23.1 Å². The summed E-state index contributed by atoms with van der Waals surface area (Å²) in [4.78, 5) is 0.409. The third-order valence-corrected chi connectivity index (χ3v) is 5.67. The number of nitrogens with two attached hydrogens (primary N) is 1. The van der Waals surface area contributed by atoms with E-state index in [-0.39, 0.29) is 0 Å². The van der Waals surface area contributed by atoms with Crippen molar-refractivity contribution >= 4 is 10.0 Å². The molecule has 5 heteroatoms. The van der Waals surface area contributed by atoms with E-state index < -0.39 is 10.0 Å². The van der Waals surface area contributed by atoms with Crippen molar-refractivity contribution in [2.24, 2.45) is 5.73 Å². The summed E-state index contributed by atoms with van der Waals surface area (Å²) >= 11 is 0. The smallest absolute Gasteiger partial charge is 0.243 e. The summed E-state index contributed by atoms with van der Waals surface area (Å²) in [6.45, 7) is 7.60. The Balaban J connectivity index is 3.08. The highest BCUT2D eigenvalue weighted by atomic mass is 32.2. The van der Waals surface area contributed by atoms with Crippen LogP contribution in [0.25, 0.3) is 0 Å². The lowest BCUT2D eigenvalue weighted by molar-refractivity contribution is 0.395. The fraction of sp³-hybridized carbons (Fsp3) is 0.625. The van der Waals surface area contributed by atoms with Gasteiger partial charge < -0.3 is 5.73 Å². The second-order valence-electron chi connectivity index (χ2n) is 5.42. The summed E-state index contributed by atoms with van der Waals surface area (Å²) < 4.78 is 27.3. The highest BCUT2D eigenvalue weighted by Gasteiger charge is 2.25. The van der Waals surface area contributed by atoms with Crippen molar-refractivity contribution in [3.63, 3.8) is 0 Å². The van der Waals surface area contributed by atoms with Crippen LogP contribution < -0.4 is 5.73 Å². The van der Waals surface area contributed by atoms with Gasteiger partial charge in [-0.2, -0.15) is 4.31 Å². The molecule has 0 aliphatic rings. The summed E-state index contributed by atoms with van der Waals surface area (Å²) in [6, 6.07) is 5.36. The van der Waals surface area contributed by atoms with E-state index in [1.807, 2.05) is 13.0 Å². The Morgan fingerprint density at radius 1 is 1.10 bits per heavy atom. The average molecular weight is 312 g/mol. The number of hydrogen-bond donors (Lipinski definition) is 1. The minimum absolute atomic E-state index is 0.409. The molecular weight excluding hydrogens is 284 g/mol. The monoisotopic (exact) mass is 312 g/mol. The van der Waals surface area contributed by atoms with Crippen LogP contribution in [0.5, 0.6) is 0 Å². The first-order chi connectivity index (χ1) is 9.97. The van der Waals surface area contributed by atoms with Crippen molar-refractivity contribution in [1.82, 2.24) is 4.31 Å². The molecule has 21 heavy (non-hydrogen) atoms. The lowest BCUT2D eigenvalue weighted by Crippen LogP contribution is -2.33. The topological polar surface area (TPSA) is 63.4 Å². The maximum Gasteiger partial charge on any atom is 0.243 e. The summed E-state index contributed by atoms with van der Waals surface area (Å²) in [5.41, 5.74) is 7.34. The fourth-order valence-corrected chi connectivity index (χ4v) is 4.01. The first kappa shape index (κ1) is 18.1. The molecule has 4 nitrogen and oxygen atoms in total. The molecule has 0 saturated carbocycles. The Morgan fingerprint density at radius 3 is 2.10 bits per heavy atom.